The molecule has 2 fully saturated rings. The Balaban J connectivity index is 1.88. The number of carbonyl (C=O) groups excluding carboxylic acids is 1. The van der Waals surface area contributed by atoms with Crippen molar-refractivity contribution in [2.24, 2.45) is 5.92 Å². The summed E-state index contributed by atoms with van der Waals surface area (Å²) in [5.74, 6) is 0.918. The van der Waals surface area contributed by atoms with E-state index in [4.69, 9.17) is 0 Å². The summed E-state index contributed by atoms with van der Waals surface area (Å²) in [5.41, 5.74) is 3.79. The Morgan fingerprint density at radius 2 is 1.95 bits per heavy atom. The first-order valence-corrected chi connectivity index (χ1v) is 8.19. The second-order valence-electron chi connectivity index (χ2n) is 6.73. The van der Waals surface area contributed by atoms with Gasteiger partial charge in [-0.1, -0.05) is 36.6 Å². The average molecular weight is 286 g/mol. The van der Waals surface area contributed by atoms with E-state index in [2.05, 4.69) is 49.2 Å². The molecule has 0 spiro atoms. The van der Waals surface area contributed by atoms with E-state index in [1.807, 2.05) is 0 Å². The van der Waals surface area contributed by atoms with Crippen LogP contribution >= 0.6 is 0 Å². The first-order chi connectivity index (χ1) is 10.1. The molecule has 1 aromatic rings. The Kier molecular flexibility index (Phi) is 4.03. The molecule has 0 aromatic heterocycles. The summed E-state index contributed by atoms with van der Waals surface area (Å²) in [6.07, 6.45) is 5.22. The van der Waals surface area contributed by atoms with E-state index < -0.39 is 0 Å². The molecule has 1 aromatic carbocycles. The van der Waals surface area contributed by atoms with Crippen molar-refractivity contribution in [2.75, 3.05) is 6.54 Å². The van der Waals surface area contributed by atoms with E-state index >= 15 is 0 Å². The van der Waals surface area contributed by atoms with E-state index in [9.17, 15) is 4.79 Å². The van der Waals surface area contributed by atoms with Crippen LogP contribution in [0, 0.1) is 19.8 Å². The average Bonchev–Trinajstić information content (AvgIpc) is 3.08. The van der Waals surface area contributed by atoms with Gasteiger partial charge in [-0.2, -0.15) is 0 Å². The molecule has 1 N–H and O–H groups in total. The molecule has 2 atom stereocenters. The molecular weight excluding hydrogens is 260 g/mol. The highest BCUT2D eigenvalue weighted by atomic mass is 16.2. The molecule has 0 bridgehead atoms. The van der Waals surface area contributed by atoms with Gasteiger partial charge in [0.25, 0.3) is 0 Å². The number of hydrogen-bond donors (Lipinski definition) is 1. The zero-order chi connectivity index (χ0) is 15.0. The molecule has 1 aliphatic heterocycles. The fraction of sp³-hybridized carbons (Fsp3) is 0.611. The van der Waals surface area contributed by atoms with Crippen molar-refractivity contribution < 1.29 is 4.79 Å². The van der Waals surface area contributed by atoms with E-state index in [0.29, 0.717) is 18.5 Å². The van der Waals surface area contributed by atoms with E-state index in [1.54, 1.807) is 0 Å². The zero-order valence-electron chi connectivity index (χ0n) is 13.4. The van der Waals surface area contributed by atoms with Crippen molar-refractivity contribution in [2.45, 2.75) is 58.7 Å². The maximum absolute atomic E-state index is 12.4. The highest BCUT2D eigenvalue weighted by Gasteiger charge is 2.39. The van der Waals surface area contributed by atoms with E-state index in [1.165, 1.54) is 42.4 Å². The number of aryl methyl sites for hydroxylation is 2. The molecule has 1 amide bonds. The predicted octanol–water partition coefficient (Wildman–Crippen LogP) is 3.31. The van der Waals surface area contributed by atoms with Crippen LogP contribution in [0.5, 0.6) is 0 Å². The number of nitrogens with one attached hydrogen (secondary N) is 1. The fourth-order valence-electron chi connectivity index (χ4n) is 4.04. The Bertz CT molecular complexity index is 534. The Morgan fingerprint density at radius 1 is 1.24 bits per heavy atom. The minimum Gasteiger partial charge on any atom is -0.319 e. The van der Waals surface area contributed by atoms with Gasteiger partial charge >= 0.3 is 0 Å². The minimum atomic E-state index is 0.0497. The van der Waals surface area contributed by atoms with Gasteiger partial charge in [0.05, 0.1) is 6.54 Å². The second kappa shape index (κ2) is 5.80. The normalized spacial score (nSPS) is 24.8. The van der Waals surface area contributed by atoms with Crippen LogP contribution in [0.15, 0.2) is 18.2 Å². The third-order valence-electron chi connectivity index (χ3n) is 5.25. The Morgan fingerprint density at radius 3 is 2.62 bits per heavy atom. The summed E-state index contributed by atoms with van der Waals surface area (Å²) in [6, 6.07) is 6.86. The third-order valence-corrected chi connectivity index (χ3v) is 5.25. The monoisotopic (exact) mass is 286 g/mol. The molecule has 114 valence electrons. The maximum atomic E-state index is 12.4. The van der Waals surface area contributed by atoms with Crippen LogP contribution in [0.25, 0.3) is 0 Å². The SMILES string of the molecule is Cc1ccc(C2NCC(=O)N2C(C)C2CCCC2)c(C)c1. The Hall–Kier alpha value is -1.35. The molecular formula is C18H26N2O. The number of amides is 1. The summed E-state index contributed by atoms with van der Waals surface area (Å²) in [7, 11) is 0. The molecule has 1 saturated heterocycles. The van der Waals surface area contributed by atoms with Gasteiger partial charge in [-0.05, 0) is 50.7 Å². The number of benzene rings is 1. The van der Waals surface area contributed by atoms with Crippen LogP contribution in [0.1, 0.15) is 55.5 Å². The number of rotatable bonds is 3. The van der Waals surface area contributed by atoms with Crippen LogP contribution < -0.4 is 5.32 Å². The van der Waals surface area contributed by atoms with Crippen molar-refractivity contribution in [1.82, 2.24) is 10.2 Å². The van der Waals surface area contributed by atoms with Gasteiger partial charge in [0.15, 0.2) is 0 Å². The van der Waals surface area contributed by atoms with Gasteiger partial charge in [0.1, 0.15) is 6.17 Å². The molecule has 2 aliphatic rings. The summed E-state index contributed by atoms with van der Waals surface area (Å²) in [5, 5.41) is 3.41. The number of carbonyl (C=O) groups is 1. The van der Waals surface area contributed by atoms with Crippen molar-refractivity contribution in [3.05, 3.63) is 34.9 Å². The van der Waals surface area contributed by atoms with Crippen molar-refractivity contribution in [3.63, 3.8) is 0 Å². The summed E-state index contributed by atoms with van der Waals surface area (Å²) < 4.78 is 0. The lowest BCUT2D eigenvalue weighted by Crippen LogP contribution is -2.41. The fourth-order valence-corrected chi connectivity index (χ4v) is 4.04. The maximum Gasteiger partial charge on any atom is 0.238 e. The predicted molar refractivity (Wildman–Crippen MR) is 84.9 cm³/mol. The first kappa shape index (κ1) is 14.6. The second-order valence-corrected chi connectivity index (χ2v) is 6.73. The van der Waals surface area contributed by atoms with Crippen LogP contribution in [0.4, 0.5) is 0 Å². The Labute approximate surface area is 127 Å². The quantitative estimate of drug-likeness (QED) is 0.924. The molecule has 1 heterocycles. The van der Waals surface area contributed by atoms with Gasteiger partial charge < -0.3 is 4.90 Å². The van der Waals surface area contributed by atoms with Gasteiger partial charge in [-0.25, -0.2) is 0 Å². The van der Waals surface area contributed by atoms with Crippen molar-refractivity contribution >= 4 is 5.91 Å². The van der Waals surface area contributed by atoms with Gasteiger partial charge in [-0.15, -0.1) is 0 Å². The van der Waals surface area contributed by atoms with Crippen molar-refractivity contribution in [1.29, 1.82) is 0 Å². The van der Waals surface area contributed by atoms with Gasteiger partial charge in [0, 0.05) is 6.04 Å². The number of nitrogens with zero attached hydrogens (tertiary/aromatic N) is 1. The topological polar surface area (TPSA) is 32.3 Å². The largest absolute Gasteiger partial charge is 0.319 e. The standard InChI is InChI=1S/C18H26N2O/c1-12-8-9-16(13(2)10-12)18-19-11-17(21)20(18)14(3)15-6-4-5-7-15/h8-10,14-15,18-19H,4-7,11H2,1-3H3. The molecule has 1 saturated carbocycles. The summed E-state index contributed by atoms with van der Waals surface area (Å²) in [4.78, 5) is 14.5. The van der Waals surface area contributed by atoms with Crippen LogP contribution in [-0.2, 0) is 4.79 Å². The van der Waals surface area contributed by atoms with E-state index in [0.717, 1.165) is 0 Å². The first-order valence-electron chi connectivity index (χ1n) is 8.19. The highest BCUT2D eigenvalue weighted by Crippen LogP contribution is 2.35. The molecule has 3 rings (SSSR count). The van der Waals surface area contributed by atoms with Gasteiger partial charge in [0.2, 0.25) is 5.91 Å². The lowest BCUT2D eigenvalue weighted by molar-refractivity contribution is -0.131. The third kappa shape index (κ3) is 2.71. The van der Waals surface area contributed by atoms with Gasteiger partial charge in [-0.3, -0.25) is 10.1 Å². The van der Waals surface area contributed by atoms with Crippen LogP contribution in [0.2, 0.25) is 0 Å². The number of hydrogen-bond acceptors (Lipinski definition) is 2. The molecule has 2 unspecified atom stereocenters. The minimum absolute atomic E-state index is 0.0497. The molecule has 3 heteroatoms. The van der Waals surface area contributed by atoms with E-state index in [-0.39, 0.29) is 12.1 Å². The summed E-state index contributed by atoms with van der Waals surface area (Å²) in [6.45, 7) is 6.96. The smallest absolute Gasteiger partial charge is 0.238 e. The lowest BCUT2D eigenvalue weighted by Gasteiger charge is -2.35. The molecule has 1 aliphatic carbocycles. The lowest BCUT2D eigenvalue weighted by atomic mass is 9.96. The van der Waals surface area contributed by atoms with Crippen LogP contribution in [-0.4, -0.2) is 23.4 Å². The van der Waals surface area contributed by atoms with Crippen molar-refractivity contribution in [3.8, 4) is 0 Å². The molecule has 21 heavy (non-hydrogen) atoms. The zero-order valence-corrected chi connectivity index (χ0v) is 13.4. The summed E-state index contributed by atoms with van der Waals surface area (Å²) >= 11 is 0. The molecule has 3 nitrogen and oxygen atoms in total. The van der Waals surface area contributed by atoms with Crippen LogP contribution in [0.3, 0.4) is 0 Å². The highest BCUT2D eigenvalue weighted by molar-refractivity contribution is 5.81. The molecule has 0 radical (unpaired) electrons.